The molecule has 0 amide bonds. The van der Waals surface area contributed by atoms with Gasteiger partial charge >= 0.3 is 0 Å². The van der Waals surface area contributed by atoms with Crippen LogP contribution in [0, 0.1) is 13.8 Å². The third-order valence-electron chi connectivity index (χ3n) is 3.33. The van der Waals surface area contributed by atoms with Crippen molar-refractivity contribution in [3.63, 3.8) is 0 Å². The van der Waals surface area contributed by atoms with Crippen LogP contribution in [0.3, 0.4) is 0 Å². The Hall–Kier alpha value is -1.63. The molecule has 0 aliphatic heterocycles. The standard InChI is InChI=1S/C18H17NO2S3/c1-12-16-17(13(2)23-12)24-18(19-16)21-10-11-22-15(20)9-8-14-6-4-3-5-7-14/h3-9H,10-11H2,1-2H3/b9-8+. The fourth-order valence-corrected chi connectivity index (χ4v) is 4.84. The van der Waals surface area contributed by atoms with Gasteiger partial charge in [0, 0.05) is 15.5 Å². The number of aryl methyl sites for hydroxylation is 2. The number of ether oxygens (including phenoxy) is 1. The van der Waals surface area contributed by atoms with Gasteiger partial charge in [0.1, 0.15) is 6.61 Å². The van der Waals surface area contributed by atoms with Crippen LogP contribution in [0.5, 0.6) is 5.19 Å². The minimum Gasteiger partial charge on any atom is -0.469 e. The Morgan fingerprint density at radius 2 is 2.00 bits per heavy atom. The highest BCUT2D eigenvalue weighted by Gasteiger charge is 2.12. The second kappa shape index (κ2) is 7.96. The number of thioether (sulfide) groups is 1. The Kier molecular flexibility index (Phi) is 5.71. The third-order valence-corrected chi connectivity index (χ3v) is 6.35. The first kappa shape index (κ1) is 17.2. The van der Waals surface area contributed by atoms with Crippen molar-refractivity contribution in [2.24, 2.45) is 0 Å². The summed E-state index contributed by atoms with van der Waals surface area (Å²) in [6.45, 7) is 4.67. The van der Waals surface area contributed by atoms with Crippen molar-refractivity contribution in [3.8, 4) is 5.19 Å². The molecule has 0 atom stereocenters. The molecule has 0 aliphatic carbocycles. The molecule has 0 spiro atoms. The molecule has 3 aromatic rings. The Bertz CT molecular complexity index is 831. The molecule has 0 saturated carbocycles. The van der Waals surface area contributed by atoms with E-state index in [1.165, 1.54) is 26.2 Å². The predicted octanol–water partition coefficient (Wildman–Crippen LogP) is 5.33. The maximum atomic E-state index is 11.8. The highest BCUT2D eigenvalue weighted by molar-refractivity contribution is 8.14. The monoisotopic (exact) mass is 375 g/mol. The number of hydrogen-bond acceptors (Lipinski definition) is 6. The van der Waals surface area contributed by atoms with Crippen molar-refractivity contribution >= 4 is 55.8 Å². The maximum absolute atomic E-state index is 11.8. The van der Waals surface area contributed by atoms with Crippen molar-refractivity contribution in [1.82, 2.24) is 4.98 Å². The van der Waals surface area contributed by atoms with E-state index < -0.39 is 0 Å². The summed E-state index contributed by atoms with van der Waals surface area (Å²) in [6.07, 6.45) is 3.43. The summed E-state index contributed by atoms with van der Waals surface area (Å²) in [7, 11) is 0. The van der Waals surface area contributed by atoms with E-state index in [0.29, 0.717) is 17.6 Å². The first-order valence-electron chi connectivity index (χ1n) is 7.52. The molecule has 24 heavy (non-hydrogen) atoms. The van der Waals surface area contributed by atoms with Crippen LogP contribution in [-0.4, -0.2) is 22.5 Å². The quantitative estimate of drug-likeness (QED) is 0.431. The van der Waals surface area contributed by atoms with E-state index in [1.807, 2.05) is 36.4 Å². The Morgan fingerprint density at radius 3 is 2.75 bits per heavy atom. The van der Waals surface area contributed by atoms with Crippen molar-refractivity contribution in [2.75, 3.05) is 12.4 Å². The molecule has 124 valence electrons. The average Bonchev–Trinajstić information content (AvgIpc) is 3.12. The number of aromatic nitrogens is 1. The minimum absolute atomic E-state index is 0.0360. The number of rotatable bonds is 6. The van der Waals surface area contributed by atoms with E-state index >= 15 is 0 Å². The molecule has 2 heterocycles. The van der Waals surface area contributed by atoms with E-state index in [4.69, 9.17) is 4.74 Å². The highest BCUT2D eigenvalue weighted by atomic mass is 32.2. The molecular formula is C18H17NO2S3. The lowest BCUT2D eigenvalue weighted by molar-refractivity contribution is -0.107. The molecule has 0 aliphatic rings. The molecule has 0 N–H and O–H groups in total. The van der Waals surface area contributed by atoms with Gasteiger partial charge in [-0.05, 0) is 25.5 Å². The van der Waals surface area contributed by atoms with Crippen LogP contribution < -0.4 is 4.74 Å². The Morgan fingerprint density at radius 1 is 1.21 bits per heavy atom. The van der Waals surface area contributed by atoms with Gasteiger partial charge in [0.25, 0.3) is 5.19 Å². The fourth-order valence-electron chi connectivity index (χ4n) is 2.21. The van der Waals surface area contributed by atoms with E-state index in [9.17, 15) is 4.79 Å². The van der Waals surface area contributed by atoms with E-state index in [-0.39, 0.29) is 5.12 Å². The van der Waals surface area contributed by atoms with Crippen molar-refractivity contribution in [2.45, 2.75) is 13.8 Å². The van der Waals surface area contributed by atoms with Crippen LogP contribution in [0.25, 0.3) is 16.3 Å². The van der Waals surface area contributed by atoms with Crippen LogP contribution in [0.1, 0.15) is 15.3 Å². The highest BCUT2D eigenvalue weighted by Crippen LogP contribution is 2.37. The number of benzene rings is 1. The normalized spacial score (nSPS) is 11.4. The molecule has 2 aromatic heterocycles. The largest absolute Gasteiger partial charge is 0.469 e. The van der Waals surface area contributed by atoms with Crippen LogP contribution in [0.15, 0.2) is 36.4 Å². The van der Waals surface area contributed by atoms with Crippen LogP contribution in [0.4, 0.5) is 0 Å². The van der Waals surface area contributed by atoms with Gasteiger partial charge in [0.05, 0.1) is 10.2 Å². The summed E-state index contributed by atoms with van der Waals surface area (Å²) in [5.41, 5.74) is 2.07. The molecule has 0 bridgehead atoms. The second-order valence-corrected chi connectivity index (χ2v) is 8.62. The van der Waals surface area contributed by atoms with Gasteiger partial charge in [-0.2, -0.15) is 0 Å². The summed E-state index contributed by atoms with van der Waals surface area (Å²) in [5.74, 6) is 0.613. The summed E-state index contributed by atoms with van der Waals surface area (Å²) < 4.78 is 6.90. The number of nitrogens with zero attached hydrogens (tertiary/aromatic N) is 1. The summed E-state index contributed by atoms with van der Waals surface area (Å²) >= 11 is 4.61. The number of carbonyl (C=O) groups excluding carboxylic acids is 1. The Balaban J connectivity index is 1.45. The number of thiophene rings is 1. The number of thiazole rings is 1. The predicted molar refractivity (Wildman–Crippen MR) is 105 cm³/mol. The third kappa shape index (κ3) is 4.26. The van der Waals surface area contributed by atoms with Crippen molar-refractivity contribution in [1.29, 1.82) is 0 Å². The van der Waals surface area contributed by atoms with Gasteiger partial charge < -0.3 is 4.74 Å². The topological polar surface area (TPSA) is 39.2 Å². The lowest BCUT2D eigenvalue weighted by atomic mass is 10.2. The van der Waals surface area contributed by atoms with Gasteiger partial charge in [0.2, 0.25) is 5.12 Å². The minimum atomic E-state index is 0.0360. The van der Waals surface area contributed by atoms with Gasteiger partial charge in [-0.15, -0.1) is 11.3 Å². The Labute approximate surface area is 153 Å². The zero-order valence-electron chi connectivity index (χ0n) is 13.4. The zero-order chi connectivity index (χ0) is 16.9. The first-order valence-corrected chi connectivity index (χ1v) is 10.1. The molecule has 0 unspecified atom stereocenters. The molecule has 0 saturated heterocycles. The van der Waals surface area contributed by atoms with Gasteiger partial charge in [-0.3, -0.25) is 4.79 Å². The molecule has 6 heteroatoms. The number of hydrogen-bond donors (Lipinski definition) is 0. The van der Waals surface area contributed by atoms with E-state index in [1.54, 1.807) is 28.7 Å². The lowest BCUT2D eigenvalue weighted by Crippen LogP contribution is -2.01. The number of fused-ring (bicyclic) bond motifs is 1. The van der Waals surface area contributed by atoms with E-state index in [2.05, 4.69) is 18.8 Å². The fraction of sp³-hybridized carbons (Fsp3) is 0.222. The molecule has 0 radical (unpaired) electrons. The smallest absolute Gasteiger partial charge is 0.274 e. The van der Waals surface area contributed by atoms with Gasteiger partial charge in [0.15, 0.2) is 0 Å². The van der Waals surface area contributed by atoms with Crippen LogP contribution >= 0.6 is 34.4 Å². The molecular weight excluding hydrogens is 358 g/mol. The second-order valence-electron chi connectivity index (χ2n) is 5.13. The summed E-state index contributed by atoms with van der Waals surface area (Å²) in [6, 6.07) is 9.79. The van der Waals surface area contributed by atoms with Crippen LogP contribution in [-0.2, 0) is 4.79 Å². The number of carbonyl (C=O) groups is 1. The van der Waals surface area contributed by atoms with Crippen molar-refractivity contribution in [3.05, 3.63) is 51.7 Å². The van der Waals surface area contributed by atoms with E-state index in [0.717, 1.165) is 11.1 Å². The molecule has 0 fully saturated rings. The maximum Gasteiger partial charge on any atom is 0.274 e. The summed E-state index contributed by atoms with van der Waals surface area (Å²) in [4.78, 5) is 18.9. The molecule has 3 nitrogen and oxygen atoms in total. The SMILES string of the molecule is Cc1sc(C)c2sc(OCCSC(=O)/C=C/c3ccccc3)nc12. The van der Waals surface area contributed by atoms with Gasteiger partial charge in [-0.1, -0.05) is 59.5 Å². The molecule has 1 aromatic carbocycles. The van der Waals surface area contributed by atoms with Gasteiger partial charge in [-0.25, -0.2) is 4.98 Å². The first-order chi connectivity index (χ1) is 11.6. The zero-order valence-corrected chi connectivity index (χ0v) is 15.9. The lowest BCUT2D eigenvalue weighted by Gasteiger charge is -2.00. The summed E-state index contributed by atoms with van der Waals surface area (Å²) in [5, 5.41) is 0.723. The average molecular weight is 376 g/mol. The van der Waals surface area contributed by atoms with Crippen molar-refractivity contribution < 1.29 is 9.53 Å². The van der Waals surface area contributed by atoms with Crippen LogP contribution in [0.2, 0.25) is 0 Å². The molecule has 3 rings (SSSR count).